The monoisotopic (exact) mass is 421 g/mol. The Kier molecular flexibility index (Phi) is 4.66. The van der Waals surface area contributed by atoms with E-state index in [1.165, 1.54) is 0 Å². The molecule has 0 saturated carbocycles. The van der Waals surface area contributed by atoms with Gasteiger partial charge in [-0.3, -0.25) is 4.79 Å². The summed E-state index contributed by atoms with van der Waals surface area (Å²) in [6.45, 7) is 2.25. The molecule has 1 unspecified atom stereocenters. The molecule has 1 aliphatic rings. The molecule has 5 heteroatoms. The lowest BCUT2D eigenvalue weighted by Crippen LogP contribution is -2.39. The van der Waals surface area contributed by atoms with Gasteiger partial charge in [-0.05, 0) is 65.8 Å². The lowest BCUT2D eigenvalue weighted by atomic mass is 10.2. The van der Waals surface area contributed by atoms with E-state index in [2.05, 4.69) is 22.6 Å². The Morgan fingerprint density at radius 1 is 1.17 bits per heavy atom. The third-order valence-corrected chi connectivity index (χ3v) is 4.52. The number of hydrogen-bond acceptors (Lipinski definition) is 3. The smallest absolute Gasteiger partial charge is 0.338 e. The Labute approximate surface area is 148 Å². The second-order valence-electron chi connectivity index (χ2n) is 5.43. The van der Waals surface area contributed by atoms with Crippen LogP contribution in [0.4, 0.5) is 5.69 Å². The number of anilines is 1. The largest absolute Gasteiger partial charge is 0.449 e. The number of hydrogen-bond donors (Lipinski definition) is 0. The minimum absolute atomic E-state index is 0.186. The molecule has 0 bridgehead atoms. The van der Waals surface area contributed by atoms with E-state index in [0.29, 0.717) is 12.1 Å². The van der Waals surface area contributed by atoms with Gasteiger partial charge >= 0.3 is 5.97 Å². The zero-order valence-corrected chi connectivity index (χ0v) is 14.8. The van der Waals surface area contributed by atoms with E-state index >= 15 is 0 Å². The first kappa shape index (κ1) is 16.0. The number of amides is 1. The number of ether oxygens (including phenoxy) is 1. The predicted octanol–water partition coefficient (Wildman–Crippen LogP) is 3.43. The molecule has 1 amide bonds. The van der Waals surface area contributed by atoms with Crippen molar-refractivity contribution in [3.05, 3.63) is 63.2 Å². The predicted molar refractivity (Wildman–Crippen MR) is 96.5 cm³/mol. The van der Waals surface area contributed by atoms with Crippen LogP contribution >= 0.6 is 22.6 Å². The summed E-state index contributed by atoms with van der Waals surface area (Å²) in [5, 5.41) is 0. The molecular weight excluding hydrogens is 405 g/mol. The molecule has 1 atom stereocenters. The van der Waals surface area contributed by atoms with Gasteiger partial charge in [0.25, 0.3) is 5.91 Å². The highest BCUT2D eigenvalue weighted by Gasteiger charge is 2.29. The van der Waals surface area contributed by atoms with Crippen LogP contribution in [0.25, 0.3) is 0 Å². The van der Waals surface area contributed by atoms with Crippen LogP contribution < -0.4 is 4.90 Å². The molecule has 0 N–H and O–H groups in total. The van der Waals surface area contributed by atoms with Crippen LogP contribution in [0.1, 0.15) is 22.8 Å². The molecule has 3 rings (SSSR count). The molecule has 4 nitrogen and oxygen atoms in total. The van der Waals surface area contributed by atoms with Gasteiger partial charge in [0.2, 0.25) is 0 Å². The molecule has 0 saturated heterocycles. The molecule has 0 aliphatic carbocycles. The van der Waals surface area contributed by atoms with Gasteiger partial charge in [-0.15, -0.1) is 0 Å². The van der Waals surface area contributed by atoms with Crippen molar-refractivity contribution in [1.29, 1.82) is 0 Å². The zero-order chi connectivity index (χ0) is 16.4. The van der Waals surface area contributed by atoms with Gasteiger partial charge in [0.05, 0.1) is 5.56 Å². The van der Waals surface area contributed by atoms with Crippen molar-refractivity contribution in [2.45, 2.75) is 19.4 Å². The molecule has 2 aromatic carbocycles. The summed E-state index contributed by atoms with van der Waals surface area (Å²) in [6, 6.07) is 14.9. The van der Waals surface area contributed by atoms with Crippen LogP contribution in [0.3, 0.4) is 0 Å². The van der Waals surface area contributed by atoms with Crippen molar-refractivity contribution in [3.8, 4) is 0 Å². The fourth-order valence-electron chi connectivity index (χ4n) is 2.68. The lowest BCUT2D eigenvalue weighted by molar-refractivity contribution is -0.126. The zero-order valence-electron chi connectivity index (χ0n) is 12.7. The van der Waals surface area contributed by atoms with E-state index in [9.17, 15) is 9.59 Å². The summed E-state index contributed by atoms with van der Waals surface area (Å²) in [5.41, 5.74) is 2.52. The van der Waals surface area contributed by atoms with Crippen molar-refractivity contribution in [1.82, 2.24) is 0 Å². The quantitative estimate of drug-likeness (QED) is 0.564. The standard InChI is InChI=1S/C18H16INO3/c1-12(23-18(22)14-6-4-7-15(19)11-14)17(21)20-10-9-13-5-2-3-8-16(13)20/h2-8,11-12H,9-10H2,1H3. The first-order chi connectivity index (χ1) is 11.1. The molecule has 1 heterocycles. The van der Waals surface area contributed by atoms with E-state index in [0.717, 1.165) is 21.2 Å². The van der Waals surface area contributed by atoms with Crippen LogP contribution in [-0.2, 0) is 16.0 Å². The second-order valence-corrected chi connectivity index (χ2v) is 6.67. The van der Waals surface area contributed by atoms with Crippen molar-refractivity contribution >= 4 is 40.2 Å². The fourth-order valence-corrected chi connectivity index (χ4v) is 3.22. The highest BCUT2D eigenvalue weighted by molar-refractivity contribution is 14.1. The van der Waals surface area contributed by atoms with Gasteiger partial charge in [0.15, 0.2) is 6.10 Å². The Balaban J connectivity index is 1.70. The molecule has 0 radical (unpaired) electrons. The number of para-hydroxylation sites is 1. The maximum Gasteiger partial charge on any atom is 0.338 e. The maximum absolute atomic E-state index is 12.6. The van der Waals surface area contributed by atoms with Crippen LogP contribution in [0.15, 0.2) is 48.5 Å². The van der Waals surface area contributed by atoms with E-state index in [1.807, 2.05) is 30.3 Å². The first-order valence-electron chi connectivity index (χ1n) is 7.42. The average molecular weight is 421 g/mol. The Morgan fingerprint density at radius 2 is 1.96 bits per heavy atom. The number of rotatable bonds is 3. The number of carbonyl (C=O) groups excluding carboxylic acids is 2. The van der Waals surface area contributed by atoms with Gasteiger partial charge in [0, 0.05) is 15.8 Å². The average Bonchev–Trinajstić information content (AvgIpc) is 2.98. The molecule has 0 aromatic heterocycles. The maximum atomic E-state index is 12.6. The molecular formula is C18H16INO3. The summed E-state index contributed by atoms with van der Waals surface area (Å²) < 4.78 is 6.30. The van der Waals surface area contributed by atoms with E-state index in [-0.39, 0.29) is 5.91 Å². The van der Waals surface area contributed by atoms with E-state index in [4.69, 9.17) is 4.74 Å². The Bertz CT molecular complexity index is 759. The third kappa shape index (κ3) is 3.39. The van der Waals surface area contributed by atoms with Gasteiger partial charge in [-0.25, -0.2) is 4.79 Å². The van der Waals surface area contributed by atoms with Gasteiger partial charge < -0.3 is 9.64 Å². The molecule has 118 valence electrons. The molecule has 1 aliphatic heterocycles. The van der Waals surface area contributed by atoms with Crippen molar-refractivity contribution in [2.75, 3.05) is 11.4 Å². The summed E-state index contributed by atoms with van der Waals surface area (Å²) in [6.07, 6.45) is 0.0194. The summed E-state index contributed by atoms with van der Waals surface area (Å²) in [5.74, 6) is -0.661. The van der Waals surface area contributed by atoms with Gasteiger partial charge in [-0.1, -0.05) is 24.3 Å². The molecule has 2 aromatic rings. The third-order valence-electron chi connectivity index (χ3n) is 3.85. The molecule has 23 heavy (non-hydrogen) atoms. The molecule has 0 fully saturated rings. The van der Waals surface area contributed by atoms with Crippen molar-refractivity contribution in [3.63, 3.8) is 0 Å². The summed E-state index contributed by atoms with van der Waals surface area (Å²) in [7, 11) is 0. The van der Waals surface area contributed by atoms with Crippen LogP contribution in [-0.4, -0.2) is 24.5 Å². The van der Waals surface area contributed by atoms with Gasteiger partial charge in [-0.2, -0.15) is 0 Å². The number of fused-ring (bicyclic) bond motifs is 1. The summed E-state index contributed by atoms with van der Waals surface area (Å²) >= 11 is 2.13. The van der Waals surface area contributed by atoms with Crippen molar-refractivity contribution < 1.29 is 14.3 Å². The van der Waals surface area contributed by atoms with E-state index in [1.54, 1.807) is 30.0 Å². The van der Waals surface area contributed by atoms with Gasteiger partial charge in [0.1, 0.15) is 0 Å². The number of esters is 1. The highest BCUT2D eigenvalue weighted by Crippen LogP contribution is 2.28. The SMILES string of the molecule is CC(OC(=O)c1cccc(I)c1)C(=O)N1CCc2ccccc21. The van der Waals surface area contributed by atoms with Crippen LogP contribution in [0.2, 0.25) is 0 Å². The highest BCUT2D eigenvalue weighted by atomic mass is 127. The fraction of sp³-hybridized carbons (Fsp3) is 0.222. The number of halogens is 1. The number of carbonyl (C=O) groups is 2. The Morgan fingerprint density at radius 3 is 2.74 bits per heavy atom. The second kappa shape index (κ2) is 6.70. The first-order valence-corrected chi connectivity index (χ1v) is 8.50. The number of benzene rings is 2. The number of nitrogens with zero attached hydrogens (tertiary/aromatic N) is 1. The van der Waals surface area contributed by atoms with Crippen LogP contribution in [0.5, 0.6) is 0 Å². The lowest BCUT2D eigenvalue weighted by Gasteiger charge is -2.21. The van der Waals surface area contributed by atoms with E-state index < -0.39 is 12.1 Å². The minimum atomic E-state index is -0.813. The van der Waals surface area contributed by atoms with Crippen molar-refractivity contribution in [2.24, 2.45) is 0 Å². The normalized spacial score (nSPS) is 14.3. The minimum Gasteiger partial charge on any atom is -0.449 e. The topological polar surface area (TPSA) is 46.6 Å². The Hall–Kier alpha value is -1.89. The van der Waals surface area contributed by atoms with Crippen LogP contribution in [0, 0.1) is 3.57 Å². The summed E-state index contributed by atoms with van der Waals surface area (Å²) in [4.78, 5) is 26.5. The molecule has 0 spiro atoms.